The van der Waals surface area contributed by atoms with Crippen LogP contribution >= 0.6 is 0 Å². The van der Waals surface area contributed by atoms with Gasteiger partial charge in [0.25, 0.3) is 0 Å². The Kier molecular flexibility index (Phi) is 4.38. The van der Waals surface area contributed by atoms with Gasteiger partial charge < -0.3 is 9.84 Å². The summed E-state index contributed by atoms with van der Waals surface area (Å²) in [4.78, 5) is 12.0. The number of hydrogen-bond donors (Lipinski definition) is 1. The molecule has 2 aromatic rings. The molecule has 0 radical (unpaired) electrons. The van der Waals surface area contributed by atoms with Gasteiger partial charge in [0.1, 0.15) is 5.69 Å². The molecule has 0 atom stereocenters. The first-order valence-electron chi connectivity index (χ1n) is 8.13. The molecule has 0 aliphatic heterocycles. The summed E-state index contributed by atoms with van der Waals surface area (Å²) in [5.74, 6) is 0.425. The second-order valence-corrected chi connectivity index (χ2v) is 7.02. The maximum absolute atomic E-state index is 12.0. The van der Waals surface area contributed by atoms with E-state index in [2.05, 4.69) is 55.5 Å². The SMILES string of the molecule is CC(C)(C)c1ccc(-c2cc(CNC(=O)C3C=CC=C3)on2)cc1. The van der Waals surface area contributed by atoms with Gasteiger partial charge in [-0.1, -0.05) is 74.5 Å². The molecular weight excluding hydrogens is 300 g/mol. The fraction of sp³-hybridized carbons (Fsp3) is 0.300. The number of carbonyl (C=O) groups excluding carboxylic acids is 1. The maximum atomic E-state index is 12.0. The van der Waals surface area contributed by atoms with Gasteiger partial charge in [0.15, 0.2) is 5.76 Å². The van der Waals surface area contributed by atoms with Crippen molar-refractivity contribution in [1.29, 1.82) is 0 Å². The number of amides is 1. The van der Waals surface area contributed by atoms with Crippen molar-refractivity contribution >= 4 is 5.91 Å². The number of carbonyl (C=O) groups is 1. The molecule has 1 amide bonds. The van der Waals surface area contributed by atoms with Gasteiger partial charge in [0, 0.05) is 11.6 Å². The van der Waals surface area contributed by atoms with Crippen LogP contribution in [0.1, 0.15) is 32.1 Å². The number of nitrogens with one attached hydrogen (secondary N) is 1. The minimum Gasteiger partial charge on any atom is -0.359 e. The lowest BCUT2D eigenvalue weighted by molar-refractivity contribution is -0.122. The van der Waals surface area contributed by atoms with Crippen LogP contribution < -0.4 is 5.32 Å². The Labute approximate surface area is 142 Å². The van der Waals surface area contributed by atoms with Crippen molar-refractivity contribution in [2.24, 2.45) is 5.92 Å². The molecule has 0 bridgehead atoms. The molecular formula is C20H22N2O2. The molecule has 1 aliphatic rings. The Morgan fingerprint density at radius 3 is 2.46 bits per heavy atom. The molecule has 1 aliphatic carbocycles. The number of benzene rings is 1. The zero-order chi connectivity index (χ0) is 17.2. The molecule has 0 fully saturated rings. The summed E-state index contributed by atoms with van der Waals surface area (Å²) in [6.07, 6.45) is 7.46. The first-order chi connectivity index (χ1) is 11.4. The van der Waals surface area contributed by atoms with Crippen LogP contribution in [0, 0.1) is 5.92 Å². The number of hydrogen-bond acceptors (Lipinski definition) is 3. The van der Waals surface area contributed by atoms with E-state index in [0.29, 0.717) is 12.3 Å². The zero-order valence-electron chi connectivity index (χ0n) is 14.2. The molecule has 0 spiro atoms. The minimum absolute atomic E-state index is 0.0347. The zero-order valence-corrected chi connectivity index (χ0v) is 14.2. The molecule has 1 aromatic heterocycles. The van der Waals surface area contributed by atoms with E-state index >= 15 is 0 Å². The first kappa shape index (κ1) is 16.2. The summed E-state index contributed by atoms with van der Waals surface area (Å²) in [6, 6.07) is 10.2. The van der Waals surface area contributed by atoms with Gasteiger partial charge in [-0.3, -0.25) is 4.79 Å². The smallest absolute Gasteiger partial charge is 0.231 e. The molecule has 4 heteroatoms. The predicted octanol–water partition coefficient (Wildman–Crippen LogP) is 4.00. The van der Waals surface area contributed by atoms with Crippen LogP contribution in [-0.2, 0) is 16.8 Å². The van der Waals surface area contributed by atoms with E-state index < -0.39 is 0 Å². The van der Waals surface area contributed by atoms with E-state index in [4.69, 9.17) is 4.52 Å². The predicted molar refractivity (Wildman–Crippen MR) is 94.3 cm³/mol. The topological polar surface area (TPSA) is 55.1 Å². The van der Waals surface area contributed by atoms with Crippen LogP contribution in [0.4, 0.5) is 0 Å². The second-order valence-electron chi connectivity index (χ2n) is 7.02. The second kappa shape index (κ2) is 6.48. The van der Waals surface area contributed by atoms with Crippen LogP contribution in [-0.4, -0.2) is 11.1 Å². The monoisotopic (exact) mass is 322 g/mol. The summed E-state index contributed by atoms with van der Waals surface area (Å²) in [5, 5.41) is 6.96. The van der Waals surface area contributed by atoms with Gasteiger partial charge in [-0.25, -0.2) is 0 Å². The fourth-order valence-corrected chi connectivity index (χ4v) is 2.57. The van der Waals surface area contributed by atoms with Crippen molar-refractivity contribution < 1.29 is 9.32 Å². The highest BCUT2D eigenvalue weighted by Crippen LogP contribution is 2.26. The van der Waals surface area contributed by atoms with Crippen molar-refractivity contribution in [2.75, 3.05) is 0 Å². The van der Waals surface area contributed by atoms with E-state index in [1.807, 2.05) is 30.4 Å². The van der Waals surface area contributed by atoms with Crippen molar-refractivity contribution in [3.8, 4) is 11.3 Å². The molecule has 0 unspecified atom stereocenters. The number of rotatable bonds is 4. The van der Waals surface area contributed by atoms with E-state index in [-0.39, 0.29) is 17.2 Å². The largest absolute Gasteiger partial charge is 0.359 e. The van der Waals surface area contributed by atoms with Gasteiger partial charge in [-0.05, 0) is 11.0 Å². The van der Waals surface area contributed by atoms with E-state index in [0.717, 1.165) is 11.3 Å². The maximum Gasteiger partial charge on any atom is 0.231 e. The van der Waals surface area contributed by atoms with E-state index in [9.17, 15) is 4.79 Å². The Hall–Kier alpha value is -2.62. The summed E-state index contributed by atoms with van der Waals surface area (Å²) in [7, 11) is 0. The lowest BCUT2D eigenvalue weighted by Gasteiger charge is -2.18. The molecule has 1 aromatic carbocycles. The number of aromatic nitrogens is 1. The average Bonchev–Trinajstić information content (AvgIpc) is 3.23. The normalized spacial score (nSPS) is 14.3. The highest BCUT2D eigenvalue weighted by Gasteiger charge is 2.16. The molecule has 24 heavy (non-hydrogen) atoms. The third-order valence-electron chi connectivity index (χ3n) is 4.09. The Morgan fingerprint density at radius 2 is 1.83 bits per heavy atom. The average molecular weight is 322 g/mol. The van der Waals surface area contributed by atoms with Gasteiger partial charge in [0.05, 0.1) is 12.5 Å². The molecule has 4 nitrogen and oxygen atoms in total. The van der Waals surface area contributed by atoms with Crippen LogP contribution in [0.2, 0.25) is 0 Å². The molecule has 124 valence electrons. The van der Waals surface area contributed by atoms with Gasteiger partial charge in [-0.2, -0.15) is 0 Å². The summed E-state index contributed by atoms with van der Waals surface area (Å²) >= 11 is 0. The van der Waals surface area contributed by atoms with Gasteiger partial charge in [-0.15, -0.1) is 0 Å². The van der Waals surface area contributed by atoms with Crippen LogP contribution in [0.3, 0.4) is 0 Å². The van der Waals surface area contributed by atoms with Crippen molar-refractivity contribution in [3.63, 3.8) is 0 Å². The Balaban J connectivity index is 1.64. The summed E-state index contributed by atoms with van der Waals surface area (Å²) in [5.41, 5.74) is 3.19. The Morgan fingerprint density at radius 1 is 1.17 bits per heavy atom. The van der Waals surface area contributed by atoms with Crippen molar-refractivity contribution in [2.45, 2.75) is 32.7 Å². The summed E-state index contributed by atoms with van der Waals surface area (Å²) < 4.78 is 5.33. The number of allylic oxidation sites excluding steroid dienone is 2. The van der Waals surface area contributed by atoms with Crippen LogP contribution in [0.5, 0.6) is 0 Å². The van der Waals surface area contributed by atoms with Crippen molar-refractivity contribution in [3.05, 3.63) is 66.0 Å². The molecule has 1 heterocycles. The number of nitrogens with zero attached hydrogens (tertiary/aromatic N) is 1. The highest BCUT2D eigenvalue weighted by molar-refractivity contribution is 5.83. The first-order valence-corrected chi connectivity index (χ1v) is 8.13. The van der Waals surface area contributed by atoms with Gasteiger partial charge in [0.2, 0.25) is 5.91 Å². The molecule has 0 saturated carbocycles. The fourth-order valence-electron chi connectivity index (χ4n) is 2.57. The van der Waals surface area contributed by atoms with Crippen LogP contribution in [0.25, 0.3) is 11.3 Å². The van der Waals surface area contributed by atoms with Crippen molar-refractivity contribution in [1.82, 2.24) is 10.5 Å². The summed E-state index contributed by atoms with van der Waals surface area (Å²) in [6.45, 7) is 6.90. The highest BCUT2D eigenvalue weighted by atomic mass is 16.5. The standard InChI is InChI=1S/C20H22N2O2/c1-20(2,3)16-10-8-14(9-11-16)18-12-17(24-22-18)13-21-19(23)15-6-4-5-7-15/h4-12,15H,13H2,1-3H3,(H,21,23). The van der Waals surface area contributed by atoms with E-state index in [1.165, 1.54) is 5.56 Å². The minimum atomic E-state index is -0.183. The molecule has 0 saturated heterocycles. The lowest BCUT2D eigenvalue weighted by Crippen LogP contribution is -2.27. The van der Waals surface area contributed by atoms with Gasteiger partial charge >= 0.3 is 0 Å². The van der Waals surface area contributed by atoms with Crippen LogP contribution in [0.15, 0.2) is 59.2 Å². The lowest BCUT2D eigenvalue weighted by atomic mass is 9.86. The third kappa shape index (κ3) is 3.65. The van der Waals surface area contributed by atoms with E-state index in [1.54, 1.807) is 0 Å². The molecule has 3 rings (SSSR count). The Bertz CT molecular complexity index is 765. The third-order valence-corrected chi connectivity index (χ3v) is 4.09. The quantitative estimate of drug-likeness (QED) is 0.925. The molecule has 1 N–H and O–H groups in total.